The van der Waals surface area contributed by atoms with Crippen molar-refractivity contribution < 1.29 is 4.79 Å². The number of carbonyl (C=O) groups is 1. The van der Waals surface area contributed by atoms with Gasteiger partial charge in [-0.05, 0) is 50.5 Å². The topological polar surface area (TPSA) is 72.7 Å². The van der Waals surface area contributed by atoms with Gasteiger partial charge in [-0.1, -0.05) is 42.3 Å². The van der Waals surface area contributed by atoms with Crippen LogP contribution in [0.1, 0.15) is 36.8 Å². The van der Waals surface area contributed by atoms with Crippen LogP contribution < -0.4 is 5.32 Å². The number of hydrogen-bond acceptors (Lipinski definition) is 5. The molecule has 2 heterocycles. The van der Waals surface area contributed by atoms with Gasteiger partial charge in [0, 0.05) is 24.0 Å². The van der Waals surface area contributed by atoms with Gasteiger partial charge in [-0.3, -0.25) is 14.3 Å². The number of nitrogens with zero attached hydrogens (tertiary/aromatic N) is 4. The minimum absolute atomic E-state index is 0.0579. The van der Waals surface area contributed by atoms with E-state index in [1.54, 1.807) is 12.4 Å². The van der Waals surface area contributed by atoms with E-state index in [9.17, 15) is 4.79 Å². The summed E-state index contributed by atoms with van der Waals surface area (Å²) >= 11 is 1.42. The smallest absolute Gasteiger partial charge is 0.230 e. The van der Waals surface area contributed by atoms with E-state index >= 15 is 0 Å². The second-order valence-corrected chi connectivity index (χ2v) is 8.45. The highest BCUT2D eigenvalue weighted by atomic mass is 32.2. The molecule has 7 heteroatoms. The van der Waals surface area contributed by atoms with Gasteiger partial charge in [0.25, 0.3) is 0 Å². The van der Waals surface area contributed by atoms with Crippen LogP contribution in [0.3, 0.4) is 0 Å². The van der Waals surface area contributed by atoms with Crippen molar-refractivity contribution in [3.05, 3.63) is 53.9 Å². The number of aryl methyl sites for hydroxylation is 2. The fourth-order valence-corrected chi connectivity index (χ4v) is 4.55. The SMILES string of the molecule is Cc1ccc(-n2c(SCC(=O)NC3CCCC3)nnc2-c2ccncc2)c(C)c1. The number of benzene rings is 1. The maximum atomic E-state index is 12.4. The third kappa shape index (κ3) is 4.50. The van der Waals surface area contributed by atoms with E-state index in [-0.39, 0.29) is 5.91 Å². The molecule has 0 spiro atoms. The molecule has 0 radical (unpaired) electrons. The van der Waals surface area contributed by atoms with Crippen molar-refractivity contribution in [1.82, 2.24) is 25.1 Å². The first-order valence-electron chi connectivity index (χ1n) is 9.97. The van der Waals surface area contributed by atoms with Crippen LogP contribution in [-0.4, -0.2) is 37.5 Å². The molecule has 150 valence electrons. The molecule has 1 saturated carbocycles. The number of pyridine rings is 1. The molecule has 0 unspecified atom stereocenters. The van der Waals surface area contributed by atoms with Gasteiger partial charge < -0.3 is 5.32 Å². The molecule has 1 aromatic carbocycles. The summed E-state index contributed by atoms with van der Waals surface area (Å²) in [7, 11) is 0. The summed E-state index contributed by atoms with van der Waals surface area (Å²) in [5, 5.41) is 12.7. The van der Waals surface area contributed by atoms with Gasteiger partial charge in [-0.2, -0.15) is 0 Å². The second kappa shape index (κ2) is 8.78. The first kappa shape index (κ1) is 19.6. The molecule has 1 aliphatic carbocycles. The predicted octanol–water partition coefficient (Wildman–Crippen LogP) is 4.10. The van der Waals surface area contributed by atoms with Crippen molar-refractivity contribution in [1.29, 1.82) is 0 Å². The van der Waals surface area contributed by atoms with Crippen LogP contribution >= 0.6 is 11.8 Å². The van der Waals surface area contributed by atoms with Crippen LogP contribution in [-0.2, 0) is 4.79 Å². The fourth-order valence-electron chi connectivity index (χ4n) is 3.79. The lowest BCUT2D eigenvalue weighted by Gasteiger charge is -2.14. The van der Waals surface area contributed by atoms with Gasteiger partial charge in [0.05, 0.1) is 11.4 Å². The molecule has 29 heavy (non-hydrogen) atoms. The minimum Gasteiger partial charge on any atom is -0.353 e. The lowest BCUT2D eigenvalue weighted by atomic mass is 10.1. The Balaban J connectivity index is 1.63. The quantitative estimate of drug-likeness (QED) is 0.623. The first-order chi connectivity index (χ1) is 14.1. The van der Waals surface area contributed by atoms with E-state index < -0.39 is 0 Å². The maximum Gasteiger partial charge on any atom is 0.230 e. The Bertz CT molecular complexity index is 996. The van der Waals surface area contributed by atoms with E-state index in [2.05, 4.69) is 52.5 Å². The molecule has 3 aromatic rings. The number of thioether (sulfide) groups is 1. The minimum atomic E-state index is 0.0579. The van der Waals surface area contributed by atoms with Gasteiger partial charge in [0.2, 0.25) is 5.91 Å². The van der Waals surface area contributed by atoms with Crippen molar-refractivity contribution in [3.63, 3.8) is 0 Å². The molecule has 0 aliphatic heterocycles. The molecule has 1 aliphatic rings. The normalized spacial score (nSPS) is 14.3. The van der Waals surface area contributed by atoms with E-state index in [4.69, 9.17) is 0 Å². The molecule has 0 atom stereocenters. The molecule has 1 N–H and O–H groups in total. The number of amides is 1. The van der Waals surface area contributed by atoms with E-state index in [1.807, 2.05) is 16.7 Å². The number of rotatable bonds is 6. The Labute approximate surface area is 175 Å². The Morgan fingerprint density at radius 1 is 1.14 bits per heavy atom. The van der Waals surface area contributed by atoms with Crippen molar-refractivity contribution >= 4 is 17.7 Å². The maximum absolute atomic E-state index is 12.4. The molecular weight excluding hydrogens is 382 g/mol. The highest BCUT2D eigenvalue weighted by molar-refractivity contribution is 7.99. The van der Waals surface area contributed by atoms with Gasteiger partial charge in [-0.25, -0.2) is 0 Å². The lowest BCUT2D eigenvalue weighted by molar-refractivity contribution is -0.119. The van der Waals surface area contributed by atoms with Crippen LogP contribution in [0.15, 0.2) is 47.9 Å². The summed E-state index contributed by atoms with van der Waals surface area (Å²) in [6.45, 7) is 4.16. The Morgan fingerprint density at radius 2 is 1.90 bits per heavy atom. The van der Waals surface area contributed by atoms with Crippen LogP contribution in [0, 0.1) is 13.8 Å². The highest BCUT2D eigenvalue weighted by Gasteiger charge is 2.20. The average Bonchev–Trinajstić information content (AvgIpc) is 3.37. The number of aromatic nitrogens is 4. The number of nitrogens with one attached hydrogen (secondary N) is 1. The summed E-state index contributed by atoms with van der Waals surface area (Å²) in [5.74, 6) is 1.14. The zero-order valence-corrected chi connectivity index (χ0v) is 17.6. The fraction of sp³-hybridized carbons (Fsp3) is 0.364. The zero-order chi connectivity index (χ0) is 20.2. The molecule has 6 nitrogen and oxygen atoms in total. The summed E-state index contributed by atoms with van der Waals surface area (Å²) in [6.07, 6.45) is 8.07. The summed E-state index contributed by atoms with van der Waals surface area (Å²) in [6, 6.07) is 10.5. The first-order valence-corrected chi connectivity index (χ1v) is 11.0. The molecule has 1 fully saturated rings. The second-order valence-electron chi connectivity index (χ2n) is 7.50. The Kier molecular flexibility index (Phi) is 5.94. The van der Waals surface area contributed by atoms with Gasteiger partial charge in [0.15, 0.2) is 11.0 Å². The largest absolute Gasteiger partial charge is 0.353 e. The van der Waals surface area contributed by atoms with Crippen molar-refractivity contribution in [3.8, 4) is 17.1 Å². The van der Waals surface area contributed by atoms with Crippen LogP contribution in [0.2, 0.25) is 0 Å². The van der Waals surface area contributed by atoms with Crippen LogP contribution in [0.4, 0.5) is 0 Å². The monoisotopic (exact) mass is 407 g/mol. The van der Waals surface area contributed by atoms with Gasteiger partial charge >= 0.3 is 0 Å². The Hall–Kier alpha value is -2.67. The van der Waals surface area contributed by atoms with Crippen molar-refractivity contribution in [2.75, 3.05) is 5.75 Å². The molecular formula is C22H25N5OS. The number of hydrogen-bond donors (Lipinski definition) is 1. The average molecular weight is 408 g/mol. The van der Waals surface area contributed by atoms with Gasteiger partial charge in [0.1, 0.15) is 0 Å². The van der Waals surface area contributed by atoms with E-state index in [0.29, 0.717) is 17.0 Å². The van der Waals surface area contributed by atoms with E-state index in [1.165, 1.54) is 30.2 Å². The van der Waals surface area contributed by atoms with Crippen LogP contribution in [0.25, 0.3) is 17.1 Å². The number of carbonyl (C=O) groups excluding carboxylic acids is 1. The zero-order valence-electron chi connectivity index (χ0n) is 16.8. The van der Waals surface area contributed by atoms with Crippen LogP contribution in [0.5, 0.6) is 0 Å². The molecule has 4 rings (SSSR count). The van der Waals surface area contributed by atoms with Gasteiger partial charge in [-0.15, -0.1) is 10.2 Å². The summed E-state index contributed by atoms with van der Waals surface area (Å²) in [4.78, 5) is 16.5. The summed E-state index contributed by atoms with van der Waals surface area (Å²) < 4.78 is 2.04. The van der Waals surface area contributed by atoms with E-state index in [0.717, 1.165) is 35.5 Å². The predicted molar refractivity (Wildman–Crippen MR) is 115 cm³/mol. The Morgan fingerprint density at radius 3 is 2.62 bits per heavy atom. The molecule has 0 bridgehead atoms. The standard InChI is InChI=1S/C22H25N5OS/c1-15-7-8-19(16(2)13-15)27-21(17-9-11-23-12-10-17)25-26-22(27)29-14-20(28)24-18-5-3-4-6-18/h7-13,18H,3-6,14H2,1-2H3,(H,24,28). The lowest BCUT2D eigenvalue weighted by Crippen LogP contribution is -2.33. The summed E-state index contributed by atoms with van der Waals surface area (Å²) in [5.41, 5.74) is 4.30. The molecule has 0 saturated heterocycles. The molecule has 1 amide bonds. The highest BCUT2D eigenvalue weighted by Crippen LogP contribution is 2.29. The third-order valence-corrected chi connectivity index (χ3v) is 6.15. The molecule has 2 aromatic heterocycles. The third-order valence-electron chi connectivity index (χ3n) is 5.22. The van der Waals surface area contributed by atoms with Crippen molar-refractivity contribution in [2.45, 2.75) is 50.7 Å². The van der Waals surface area contributed by atoms with Crippen molar-refractivity contribution in [2.24, 2.45) is 0 Å².